The second kappa shape index (κ2) is 4.65. The normalized spacial score (nSPS) is 10.5. The molecule has 78 valence electrons. The zero-order valence-corrected chi connectivity index (χ0v) is 9.08. The van der Waals surface area contributed by atoms with Crippen molar-refractivity contribution in [3.05, 3.63) is 35.9 Å². The predicted molar refractivity (Wildman–Crippen MR) is 61.3 cm³/mol. The summed E-state index contributed by atoms with van der Waals surface area (Å²) < 4.78 is 0. The zero-order chi connectivity index (χ0) is 11.3. The van der Waals surface area contributed by atoms with Gasteiger partial charge in [-0.25, -0.2) is 0 Å². The van der Waals surface area contributed by atoms with Gasteiger partial charge in [0.1, 0.15) is 0 Å². The van der Waals surface area contributed by atoms with Crippen LogP contribution in [0.15, 0.2) is 30.3 Å². The lowest BCUT2D eigenvalue weighted by molar-refractivity contribution is -0.125. The van der Waals surface area contributed by atoms with Gasteiger partial charge in [0.2, 0.25) is 5.91 Å². The van der Waals surface area contributed by atoms with Crippen molar-refractivity contribution >= 4 is 5.91 Å². The summed E-state index contributed by atoms with van der Waals surface area (Å²) >= 11 is 0. The van der Waals surface area contributed by atoms with Crippen molar-refractivity contribution < 1.29 is 4.79 Å². The highest BCUT2D eigenvalue weighted by Crippen LogP contribution is 2.22. The monoisotopic (exact) mass is 201 g/mol. The molecular weight excluding hydrogens is 186 g/mol. The lowest BCUT2D eigenvalue weighted by Crippen LogP contribution is -2.40. The summed E-state index contributed by atoms with van der Waals surface area (Å²) in [5.74, 6) is 2.34. The molecule has 0 aromatic heterocycles. The first-order valence-electron chi connectivity index (χ1n) is 4.86. The number of nitrogens with one attached hydrogen (secondary N) is 1. The van der Waals surface area contributed by atoms with E-state index in [-0.39, 0.29) is 12.5 Å². The largest absolute Gasteiger partial charge is 0.344 e. The van der Waals surface area contributed by atoms with Gasteiger partial charge in [0.15, 0.2) is 0 Å². The van der Waals surface area contributed by atoms with E-state index >= 15 is 0 Å². The third-order valence-electron chi connectivity index (χ3n) is 2.41. The fraction of sp³-hybridized carbons (Fsp3) is 0.308. The molecule has 2 nitrogen and oxygen atoms in total. The number of carbonyl (C=O) groups excluding carboxylic acids is 1. The molecule has 0 aliphatic rings. The van der Waals surface area contributed by atoms with Gasteiger partial charge in [0.05, 0.1) is 12.0 Å². The molecule has 0 aliphatic heterocycles. The van der Waals surface area contributed by atoms with Crippen molar-refractivity contribution in [3.63, 3.8) is 0 Å². The minimum atomic E-state index is -0.544. The number of amides is 1. The fourth-order valence-corrected chi connectivity index (χ4v) is 1.34. The first kappa shape index (κ1) is 11.3. The van der Waals surface area contributed by atoms with Crippen LogP contribution in [0.2, 0.25) is 0 Å². The molecule has 0 saturated carbocycles. The Bertz CT molecular complexity index is 373. The molecule has 2 heteroatoms. The SMILES string of the molecule is C#CCNC(=O)C(C)(C)c1ccccc1. The van der Waals surface area contributed by atoms with Crippen LogP contribution in [0.4, 0.5) is 0 Å². The molecule has 1 aromatic rings. The van der Waals surface area contributed by atoms with E-state index in [0.717, 1.165) is 5.56 Å². The average molecular weight is 201 g/mol. The Labute approximate surface area is 90.7 Å². The quantitative estimate of drug-likeness (QED) is 0.741. The van der Waals surface area contributed by atoms with E-state index < -0.39 is 5.41 Å². The Morgan fingerprint density at radius 1 is 1.40 bits per heavy atom. The van der Waals surface area contributed by atoms with Crippen molar-refractivity contribution in [1.29, 1.82) is 0 Å². The van der Waals surface area contributed by atoms with E-state index in [2.05, 4.69) is 11.2 Å². The van der Waals surface area contributed by atoms with Crippen LogP contribution >= 0.6 is 0 Å². The topological polar surface area (TPSA) is 29.1 Å². The van der Waals surface area contributed by atoms with Gasteiger partial charge >= 0.3 is 0 Å². The van der Waals surface area contributed by atoms with Crippen molar-refractivity contribution in [2.24, 2.45) is 0 Å². The average Bonchev–Trinajstić information content (AvgIpc) is 2.27. The van der Waals surface area contributed by atoms with E-state index in [9.17, 15) is 4.79 Å². The zero-order valence-electron chi connectivity index (χ0n) is 9.08. The Kier molecular flexibility index (Phi) is 3.51. The van der Waals surface area contributed by atoms with E-state index in [0.29, 0.717) is 0 Å². The van der Waals surface area contributed by atoms with Crippen LogP contribution in [0.25, 0.3) is 0 Å². The van der Waals surface area contributed by atoms with Crippen molar-refractivity contribution in [2.45, 2.75) is 19.3 Å². The smallest absolute Gasteiger partial charge is 0.230 e. The second-order valence-corrected chi connectivity index (χ2v) is 3.88. The highest BCUT2D eigenvalue weighted by molar-refractivity contribution is 5.87. The summed E-state index contributed by atoms with van der Waals surface area (Å²) in [7, 11) is 0. The van der Waals surface area contributed by atoms with Crippen LogP contribution in [0.1, 0.15) is 19.4 Å². The molecule has 1 rings (SSSR count). The van der Waals surface area contributed by atoms with Gasteiger partial charge in [0.25, 0.3) is 0 Å². The van der Waals surface area contributed by atoms with Gasteiger partial charge < -0.3 is 5.32 Å². The van der Waals surface area contributed by atoms with Gasteiger partial charge in [-0.2, -0.15) is 0 Å². The Morgan fingerprint density at radius 3 is 2.53 bits per heavy atom. The summed E-state index contributed by atoms with van der Waals surface area (Å²) in [5.41, 5.74) is 0.442. The maximum Gasteiger partial charge on any atom is 0.230 e. The van der Waals surface area contributed by atoms with Gasteiger partial charge in [-0.05, 0) is 19.4 Å². The molecular formula is C13H15NO. The van der Waals surface area contributed by atoms with Crippen molar-refractivity contribution in [1.82, 2.24) is 5.32 Å². The highest BCUT2D eigenvalue weighted by atomic mass is 16.2. The summed E-state index contributed by atoms with van der Waals surface area (Å²) in [6.07, 6.45) is 5.09. The summed E-state index contributed by atoms with van der Waals surface area (Å²) in [4.78, 5) is 11.8. The van der Waals surface area contributed by atoms with Gasteiger partial charge in [-0.3, -0.25) is 4.79 Å². The van der Waals surface area contributed by atoms with Crippen LogP contribution in [-0.4, -0.2) is 12.5 Å². The van der Waals surface area contributed by atoms with Gasteiger partial charge in [-0.15, -0.1) is 6.42 Å². The van der Waals surface area contributed by atoms with Crippen molar-refractivity contribution in [2.75, 3.05) is 6.54 Å². The number of terminal acetylenes is 1. The third-order valence-corrected chi connectivity index (χ3v) is 2.41. The number of benzene rings is 1. The predicted octanol–water partition coefficient (Wildman–Crippen LogP) is 1.71. The third kappa shape index (κ3) is 2.60. The van der Waals surface area contributed by atoms with Gasteiger partial charge in [-0.1, -0.05) is 36.3 Å². The molecule has 0 radical (unpaired) electrons. The molecule has 0 atom stereocenters. The summed E-state index contributed by atoms with van der Waals surface area (Å²) in [6, 6.07) is 9.65. The van der Waals surface area contributed by atoms with Gasteiger partial charge in [0, 0.05) is 0 Å². The molecule has 0 heterocycles. The molecule has 15 heavy (non-hydrogen) atoms. The molecule has 1 amide bonds. The molecule has 1 aromatic carbocycles. The van der Waals surface area contributed by atoms with E-state index in [1.807, 2.05) is 44.2 Å². The molecule has 1 N–H and O–H groups in total. The van der Waals surface area contributed by atoms with E-state index in [4.69, 9.17) is 6.42 Å². The van der Waals surface area contributed by atoms with Crippen LogP contribution in [0.5, 0.6) is 0 Å². The minimum absolute atomic E-state index is 0.0494. The minimum Gasteiger partial charge on any atom is -0.344 e. The number of rotatable bonds is 3. The van der Waals surface area contributed by atoms with E-state index in [1.54, 1.807) is 0 Å². The van der Waals surface area contributed by atoms with Crippen molar-refractivity contribution in [3.8, 4) is 12.3 Å². The molecule has 0 fully saturated rings. The first-order chi connectivity index (χ1) is 7.09. The molecule has 0 spiro atoms. The highest BCUT2D eigenvalue weighted by Gasteiger charge is 2.28. The molecule has 0 bridgehead atoms. The lowest BCUT2D eigenvalue weighted by atomic mass is 9.84. The number of hydrogen-bond acceptors (Lipinski definition) is 1. The number of carbonyl (C=O) groups is 1. The second-order valence-electron chi connectivity index (χ2n) is 3.88. The number of hydrogen-bond donors (Lipinski definition) is 1. The maximum absolute atomic E-state index is 11.8. The molecule has 0 unspecified atom stereocenters. The fourth-order valence-electron chi connectivity index (χ4n) is 1.34. The first-order valence-corrected chi connectivity index (χ1v) is 4.86. The maximum atomic E-state index is 11.8. The molecule has 0 saturated heterocycles. The van der Waals surface area contributed by atoms with Crippen LogP contribution < -0.4 is 5.32 Å². The van der Waals surface area contributed by atoms with E-state index in [1.165, 1.54) is 0 Å². The van der Waals surface area contributed by atoms with Crippen LogP contribution in [-0.2, 0) is 10.2 Å². The Balaban J connectivity index is 2.84. The summed E-state index contributed by atoms with van der Waals surface area (Å²) in [6.45, 7) is 4.04. The van der Waals surface area contributed by atoms with Crippen LogP contribution in [0, 0.1) is 12.3 Å². The Hall–Kier alpha value is -1.75. The lowest BCUT2D eigenvalue weighted by Gasteiger charge is -2.23. The Morgan fingerprint density at radius 2 is 2.00 bits per heavy atom. The standard InChI is InChI=1S/C13H15NO/c1-4-10-14-12(15)13(2,3)11-8-6-5-7-9-11/h1,5-9H,10H2,2-3H3,(H,14,15). The summed E-state index contributed by atoms with van der Waals surface area (Å²) in [5, 5.41) is 2.70. The van der Waals surface area contributed by atoms with Crippen LogP contribution in [0.3, 0.4) is 0 Å². The molecule has 0 aliphatic carbocycles.